The van der Waals surface area contributed by atoms with Crippen LogP contribution >= 0.6 is 0 Å². The second kappa shape index (κ2) is 4.15. The van der Waals surface area contributed by atoms with Gasteiger partial charge in [0.2, 0.25) is 0 Å². The van der Waals surface area contributed by atoms with Gasteiger partial charge in [0, 0.05) is 18.9 Å². The van der Waals surface area contributed by atoms with Crippen LogP contribution in [0.5, 0.6) is 5.75 Å². The number of nitrogens with two attached hydrogens (primary N) is 1. The van der Waals surface area contributed by atoms with Gasteiger partial charge in [-0.05, 0) is 30.4 Å². The molecule has 3 rings (SSSR count). The summed E-state index contributed by atoms with van der Waals surface area (Å²) in [5, 5.41) is 0. The quantitative estimate of drug-likeness (QED) is 0.806. The number of Topliss-reactive ketones (excluding diaryl/α,β-unsaturated/α-hetero) is 1. The molecule has 1 heterocycles. The molecule has 1 unspecified atom stereocenters. The first kappa shape index (κ1) is 10.8. The van der Waals surface area contributed by atoms with Crippen LogP contribution in [0, 0.1) is 5.92 Å². The van der Waals surface area contributed by atoms with Crippen molar-refractivity contribution in [3.8, 4) is 5.75 Å². The third kappa shape index (κ3) is 2.07. The Morgan fingerprint density at radius 1 is 1.47 bits per heavy atom. The fraction of sp³-hybridized carbons (Fsp3) is 0.500. The Bertz CT molecular complexity index is 452. The highest BCUT2D eigenvalue weighted by Gasteiger charge is 2.31. The smallest absolute Gasteiger partial charge is 0.168 e. The van der Waals surface area contributed by atoms with E-state index in [9.17, 15) is 4.79 Å². The summed E-state index contributed by atoms with van der Waals surface area (Å²) in [7, 11) is 0. The Morgan fingerprint density at radius 2 is 2.29 bits per heavy atom. The Hall–Kier alpha value is -1.35. The maximum absolute atomic E-state index is 12.2. The second-order valence-electron chi connectivity index (χ2n) is 5.02. The molecule has 1 aromatic carbocycles. The Morgan fingerprint density at radius 3 is 3.06 bits per heavy atom. The molecule has 0 bridgehead atoms. The van der Waals surface area contributed by atoms with Crippen molar-refractivity contribution in [3.63, 3.8) is 0 Å². The van der Waals surface area contributed by atoms with Gasteiger partial charge < -0.3 is 10.5 Å². The number of hydrogen-bond donors (Lipinski definition) is 1. The van der Waals surface area contributed by atoms with Gasteiger partial charge in [-0.2, -0.15) is 0 Å². The molecule has 0 spiro atoms. The SMILES string of the molecule is NC(CC(=O)c1cccc2c1OCC2)C1CC1. The number of benzene rings is 1. The van der Waals surface area contributed by atoms with Crippen LogP contribution in [0.1, 0.15) is 35.2 Å². The van der Waals surface area contributed by atoms with Crippen LogP contribution in [0.15, 0.2) is 18.2 Å². The molecule has 17 heavy (non-hydrogen) atoms. The van der Waals surface area contributed by atoms with E-state index in [1.54, 1.807) is 0 Å². The molecule has 1 aromatic rings. The lowest BCUT2D eigenvalue weighted by Crippen LogP contribution is -2.26. The predicted octanol–water partition coefficient (Wildman–Crippen LogP) is 1.93. The topological polar surface area (TPSA) is 52.3 Å². The number of hydrogen-bond acceptors (Lipinski definition) is 3. The number of ether oxygens (including phenoxy) is 1. The Labute approximate surface area is 101 Å². The zero-order valence-electron chi connectivity index (χ0n) is 9.82. The van der Waals surface area contributed by atoms with Crippen molar-refractivity contribution >= 4 is 5.78 Å². The van der Waals surface area contributed by atoms with Crippen molar-refractivity contribution in [1.29, 1.82) is 0 Å². The molecular formula is C14H17NO2. The molecule has 0 saturated heterocycles. The van der Waals surface area contributed by atoms with Gasteiger partial charge in [0.25, 0.3) is 0 Å². The van der Waals surface area contributed by atoms with Crippen LogP contribution in [-0.4, -0.2) is 18.4 Å². The molecule has 2 aliphatic rings. The lowest BCUT2D eigenvalue weighted by molar-refractivity contribution is 0.0968. The van der Waals surface area contributed by atoms with Crippen molar-refractivity contribution < 1.29 is 9.53 Å². The minimum Gasteiger partial charge on any atom is -0.492 e. The molecule has 1 atom stereocenters. The van der Waals surface area contributed by atoms with E-state index in [1.165, 1.54) is 12.8 Å². The third-order valence-electron chi connectivity index (χ3n) is 3.66. The molecule has 1 fully saturated rings. The summed E-state index contributed by atoms with van der Waals surface area (Å²) in [6.45, 7) is 0.689. The van der Waals surface area contributed by atoms with Crippen molar-refractivity contribution in [3.05, 3.63) is 29.3 Å². The zero-order chi connectivity index (χ0) is 11.8. The normalized spacial score (nSPS) is 19.6. The summed E-state index contributed by atoms with van der Waals surface area (Å²) in [6.07, 6.45) is 3.71. The highest BCUT2D eigenvalue weighted by Crippen LogP contribution is 2.35. The van der Waals surface area contributed by atoms with Crippen molar-refractivity contribution in [2.24, 2.45) is 11.7 Å². The lowest BCUT2D eigenvalue weighted by Gasteiger charge is -2.11. The van der Waals surface area contributed by atoms with Crippen molar-refractivity contribution in [2.45, 2.75) is 31.7 Å². The molecule has 3 heteroatoms. The molecule has 0 radical (unpaired) electrons. The number of ketones is 1. The van der Waals surface area contributed by atoms with Crippen LogP contribution in [0.4, 0.5) is 0 Å². The average molecular weight is 231 g/mol. The van der Waals surface area contributed by atoms with Gasteiger partial charge in [-0.3, -0.25) is 4.79 Å². The fourth-order valence-corrected chi connectivity index (χ4v) is 2.45. The van der Waals surface area contributed by atoms with Gasteiger partial charge in [-0.1, -0.05) is 12.1 Å². The van der Waals surface area contributed by atoms with Crippen LogP contribution in [-0.2, 0) is 6.42 Å². The first-order valence-corrected chi connectivity index (χ1v) is 6.29. The number of carbonyl (C=O) groups excluding carboxylic acids is 1. The number of rotatable bonds is 4. The molecule has 3 nitrogen and oxygen atoms in total. The predicted molar refractivity (Wildman–Crippen MR) is 65.3 cm³/mol. The largest absolute Gasteiger partial charge is 0.492 e. The van der Waals surface area contributed by atoms with Crippen LogP contribution in [0.2, 0.25) is 0 Å². The molecule has 1 aliphatic heterocycles. The number of para-hydroxylation sites is 1. The first-order valence-electron chi connectivity index (χ1n) is 6.29. The van der Waals surface area contributed by atoms with Crippen molar-refractivity contribution in [2.75, 3.05) is 6.61 Å². The zero-order valence-corrected chi connectivity index (χ0v) is 9.82. The summed E-state index contributed by atoms with van der Waals surface area (Å²) in [5.41, 5.74) is 7.87. The summed E-state index contributed by atoms with van der Waals surface area (Å²) in [4.78, 5) is 12.2. The first-order chi connectivity index (χ1) is 8.25. The lowest BCUT2D eigenvalue weighted by atomic mass is 9.98. The highest BCUT2D eigenvalue weighted by atomic mass is 16.5. The van der Waals surface area contributed by atoms with E-state index in [2.05, 4.69) is 0 Å². The maximum atomic E-state index is 12.2. The molecule has 0 amide bonds. The van der Waals surface area contributed by atoms with E-state index in [0.29, 0.717) is 18.9 Å². The number of fused-ring (bicyclic) bond motifs is 1. The van der Waals surface area contributed by atoms with E-state index in [1.807, 2.05) is 18.2 Å². The minimum absolute atomic E-state index is 0.0276. The average Bonchev–Trinajstić information content (AvgIpc) is 3.06. The van der Waals surface area contributed by atoms with E-state index in [4.69, 9.17) is 10.5 Å². The van der Waals surface area contributed by atoms with Gasteiger partial charge >= 0.3 is 0 Å². The Balaban J connectivity index is 1.79. The number of carbonyl (C=O) groups is 1. The highest BCUT2D eigenvalue weighted by molar-refractivity contribution is 5.99. The van der Waals surface area contributed by atoms with E-state index >= 15 is 0 Å². The summed E-state index contributed by atoms with van der Waals surface area (Å²) in [6, 6.07) is 5.84. The standard InChI is InChI=1S/C14H17NO2/c15-12(9-4-5-9)8-13(16)11-3-1-2-10-6-7-17-14(10)11/h1-3,9,12H,4-8,15H2. The van der Waals surface area contributed by atoms with Crippen LogP contribution in [0.3, 0.4) is 0 Å². The van der Waals surface area contributed by atoms with Gasteiger partial charge in [0.15, 0.2) is 5.78 Å². The summed E-state index contributed by atoms with van der Waals surface area (Å²) in [5.74, 6) is 1.49. The molecule has 2 N–H and O–H groups in total. The maximum Gasteiger partial charge on any atom is 0.168 e. The summed E-state index contributed by atoms with van der Waals surface area (Å²) >= 11 is 0. The Kier molecular flexibility index (Phi) is 2.63. The van der Waals surface area contributed by atoms with Crippen molar-refractivity contribution in [1.82, 2.24) is 0 Å². The third-order valence-corrected chi connectivity index (χ3v) is 3.66. The van der Waals surface area contributed by atoms with E-state index < -0.39 is 0 Å². The van der Waals surface area contributed by atoms with Crippen LogP contribution < -0.4 is 10.5 Å². The fourth-order valence-electron chi connectivity index (χ4n) is 2.45. The van der Waals surface area contributed by atoms with Gasteiger partial charge in [-0.25, -0.2) is 0 Å². The summed E-state index contributed by atoms with van der Waals surface area (Å²) < 4.78 is 5.55. The van der Waals surface area contributed by atoms with Gasteiger partial charge in [0.05, 0.1) is 12.2 Å². The van der Waals surface area contributed by atoms with Gasteiger partial charge in [0.1, 0.15) is 5.75 Å². The molecule has 0 aromatic heterocycles. The molecule has 90 valence electrons. The van der Waals surface area contributed by atoms with Crippen LogP contribution in [0.25, 0.3) is 0 Å². The second-order valence-corrected chi connectivity index (χ2v) is 5.02. The van der Waals surface area contributed by atoms with E-state index in [-0.39, 0.29) is 11.8 Å². The monoisotopic (exact) mass is 231 g/mol. The minimum atomic E-state index is 0.0276. The molecular weight excluding hydrogens is 214 g/mol. The van der Waals surface area contributed by atoms with Gasteiger partial charge in [-0.15, -0.1) is 0 Å². The molecule has 1 saturated carbocycles. The molecule has 1 aliphatic carbocycles. The van der Waals surface area contributed by atoms with E-state index in [0.717, 1.165) is 23.3 Å².